The van der Waals surface area contributed by atoms with Gasteiger partial charge in [0.25, 0.3) is 0 Å². The van der Waals surface area contributed by atoms with Crippen molar-refractivity contribution >= 4 is 16.0 Å². The predicted octanol–water partition coefficient (Wildman–Crippen LogP) is -0.0272. The van der Waals surface area contributed by atoms with Crippen LogP contribution in [-0.2, 0) is 21.2 Å². The number of aliphatic carboxylic acids is 1. The maximum absolute atomic E-state index is 11.8. The average molecular weight is 273 g/mol. The fourth-order valence-electron chi connectivity index (χ4n) is 1.33. The summed E-state index contributed by atoms with van der Waals surface area (Å²) in [5.41, 5.74) is 0.978. The lowest BCUT2D eigenvalue weighted by atomic mass is 10.2. The second kappa shape index (κ2) is 5.94. The van der Waals surface area contributed by atoms with Gasteiger partial charge in [0.1, 0.15) is 6.04 Å². The second-order valence-electron chi connectivity index (χ2n) is 3.69. The van der Waals surface area contributed by atoms with Crippen LogP contribution in [0.1, 0.15) is 12.5 Å². The first kappa shape index (κ1) is 14.6. The Morgan fingerprint density at radius 2 is 1.89 bits per heavy atom. The zero-order valence-corrected chi connectivity index (χ0v) is 10.6. The van der Waals surface area contributed by atoms with Crippen LogP contribution in [0.25, 0.3) is 0 Å². The number of hydrogen-bond acceptors (Lipinski definition) is 4. The minimum absolute atomic E-state index is 0.0283. The highest BCUT2D eigenvalue weighted by molar-refractivity contribution is 7.89. The van der Waals surface area contributed by atoms with Crippen molar-refractivity contribution in [1.82, 2.24) is 4.72 Å². The van der Waals surface area contributed by atoms with Crippen LogP contribution in [0.2, 0.25) is 0 Å². The van der Waals surface area contributed by atoms with Gasteiger partial charge in [0.2, 0.25) is 10.0 Å². The molecule has 0 fully saturated rings. The van der Waals surface area contributed by atoms with Crippen LogP contribution < -0.4 is 4.72 Å². The van der Waals surface area contributed by atoms with E-state index >= 15 is 0 Å². The molecule has 7 heteroatoms. The van der Waals surface area contributed by atoms with Gasteiger partial charge in [-0.25, -0.2) is 8.42 Å². The molecule has 100 valence electrons. The number of carbonyl (C=O) groups is 1. The molecule has 0 bridgehead atoms. The zero-order valence-electron chi connectivity index (χ0n) is 9.83. The van der Waals surface area contributed by atoms with E-state index in [0.717, 1.165) is 12.0 Å². The Bertz CT molecular complexity index is 509. The summed E-state index contributed by atoms with van der Waals surface area (Å²) in [5.74, 6) is -1.42. The topological polar surface area (TPSA) is 104 Å². The monoisotopic (exact) mass is 273 g/mol. The van der Waals surface area contributed by atoms with Crippen molar-refractivity contribution in [3.8, 4) is 0 Å². The molecule has 0 amide bonds. The van der Waals surface area contributed by atoms with Crippen molar-refractivity contribution in [2.45, 2.75) is 24.3 Å². The molecule has 0 saturated heterocycles. The van der Waals surface area contributed by atoms with Gasteiger partial charge in [-0.05, 0) is 24.1 Å². The quantitative estimate of drug-likeness (QED) is 0.675. The van der Waals surface area contributed by atoms with Crippen LogP contribution >= 0.6 is 0 Å². The number of nitrogens with one attached hydrogen (secondary N) is 1. The summed E-state index contributed by atoms with van der Waals surface area (Å²) in [6, 6.07) is 4.57. The molecule has 0 heterocycles. The van der Waals surface area contributed by atoms with E-state index in [4.69, 9.17) is 10.2 Å². The number of hydrogen-bond donors (Lipinski definition) is 3. The summed E-state index contributed by atoms with van der Waals surface area (Å²) in [6.45, 7) is 1.13. The molecule has 0 saturated carbocycles. The third kappa shape index (κ3) is 3.52. The predicted molar refractivity (Wildman–Crippen MR) is 64.7 cm³/mol. The van der Waals surface area contributed by atoms with E-state index in [0.29, 0.717) is 0 Å². The smallest absolute Gasteiger partial charge is 0.324 e. The van der Waals surface area contributed by atoms with Crippen LogP contribution in [-0.4, -0.2) is 37.2 Å². The van der Waals surface area contributed by atoms with Gasteiger partial charge < -0.3 is 10.2 Å². The molecule has 0 radical (unpaired) electrons. The lowest BCUT2D eigenvalue weighted by Gasteiger charge is -2.12. The van der Waals surface area contributed by atoms with Crippen molar-refractivity contribution in [2.75, 3.05) is 6.61 Å². The number of carboxylic acid groups (broad SMARTS) is 1. The fourth-order valence-corrected chi connectivity index (χ4v) is 2.51. The summed E-state index contributed by atoms with van der Waals surface area (Å²) in [4.78, 5) is 10.6. The minimum Gasteiger partial charge on any atom is -0.480 e. The van der Waals surface area contributed by atoms with Gasteiger partial charge in [-0.15, -0.1) is 0 Å². The van der Waals surface area contributed by atoms with Gasteiger partial charge in [-0.2, -0.15) is 4.72 Å². The zero-order chi connectivity index (χ0) is 13.8. The highest BCUT2D eigenvalue weighted by atomic mass is 32.2. The van der Waals surface area contributed by atoms with E-state index < -0.39 is 28.6 Å². The molecule has 1 aromatic carbocycles. The number of rotatable bonds is 6. The third-order valence-corrected chi connectivity index (χ3v) is 3.91. The minimum atomic E-state index is -3.93. The number of aryl methyl sites for hydroxylation is 1. The van der Waals surface area contributed by atoms with Gasteiger partial charge in [0.15, 0.2) is 0 Å². The molecule has 0 aliphatic carbocycles. The lowest BCUT2D eigenvalue weighted by Crippen LogP contribution is -2.43. The Morgan fingerprint density at radius 3 is 2.28 bits per heavy atom. The number of aliphatic hydroxyl groups is 1. The number of carboxylic acids is 1. The number of sulfonamides is 1. The van der Waals surface area contributed by atoms with E-state index in [9.17, 15) is 13.2 Å². The second-order valence-corrected chi connectivity index (χ2v) is 5.41. The van der Waals surface area contributed by atoms with Gasteiger partial charge in [-0.1, -0.05) is 19.1 Å². The Labute approximate surface area is 105 Å². The van der Waals surface area contributed by atoms with Crippen LogP contribution in [0, 0.1) is 0 Å². The van der Waals surface area contributed by atoms with Crippen molar-refractivity contribution in [1.29, 1.82) is 0 Å². The molecule has 0 aliphatic rings. The molecule has 6 nitrogen and oxygen atoms in total. The Hall–Kier alpha value is -1.44. The SMILES string of the molecule is CCc1ccc(S(=O)(=O)N[C@@H](CO)C(=O)O)cc1. The normalized spacial score (nSPS) is 13.2. The fraction of sp³-hybridized carbons (Fsp3) is 0.364. The largest absolute Gasteiger partial charge is 0.480 e. The third-order valence-electron chi connectivity index (χ3n) is 2.42. The van der Waals surface area contributed by atoms with E-state index in [-0.39, 0.29) is 4.90 Å². The molecular formula is C11H15NO5S. The first-order valence-electron chi connectivity index (χ1n) is 5.35. The van der Waals surface area contributed by atoms with E-state index in [1.807, 2.05) is 11.6 Å². The van der Waals surface area contributed by atoms with Crippen molar-refractivity contribution in [2.24, 2.45) is 0 Å². The van der Waals surface area contributed by atoms with Gasteiger partial charge in [0.05, 0.1) is 11.5 Å². The lowest BCUT2D eigenvalue weighted by molar-refractivity contribution is -0.139. The summed E-state index contributed by atoms with van der Waals surface area (Å²) < 4.78 is 25.6. The first-order valence-corrected chi connectivity index (χ1v) is 6.84. The van der Waals surface area contributed by atoms with Crippen LogP contribution in [0.5, 0.6) is 0 Å². The van der Waals surface area contributed by atoms with Crippen LogP contribution in [0.15, 0.2) is 29.2 Å². The molecule has 1 rings (SSSR count). The molecule has 1 atom stereocenters. The maximum Gasteiger partial charge on any atom is 0.324 e. The summed E-state index contributed by atoms with van der Waals surface area (Å²) >= 11 is 0. The highest BCUT2D eigenvalue weighted by Gasteiger charge is 2.24. The molecule has 0 spiro atoms. The van der Waals surface area contributed by atoms with Crippen LogP contribution in [0.4, 0.5) is 0 Å². The van der Waals surface area contributed by atoms with Gasteiger partial charge in [0, 0.05) is 0 Å². The van der Waals surface area contributed by atoms with E-state index in [1.54, 1.807) is 12.1 Å². The van der Waals surface area contributed by atoms with E-state index in [1.165, 1.54) is 12.1 Å². The summed E-state index contributed by atoms with van der Waals surface area (Å²) in [5, 5.41) is 17.5. The molecule has 0 aliphatic heterocycles. The average Bonchev–Trinajstić information content (AvgIpc) is 2.35. The summed E-state index contributed by atoms with van der Waals surface area (Å²) in [6.07, 6.45) is 0.780. The number of aliphatic hydroxyl groups excluding tert-OH is 1. The molecule has 0 aromatic heterocycles. The number of benzene rings is 1. The Kier molecular flexibility index (Phi) is 4.83. The molecule has 0 unspecified atom stereocenters. The molecular weight excluding hydrogens is 258 g/mol. The van der Waals surface area contributed by atoms with Crippen molar-refractivity contribution in [3.05, 3.63) is 29.8 Å². The van der Waals surface area contributed by atoms with Crippen molar-refractivity contribution < 1.29 is 23.4 Å². The maximum atomic E-state index is 11.8. The van der Waals surface area contributed by atoms with Gasteiger partial charge >= 0.3 is 5.97 Å². The Morgan fingerprint density at radius 1 is 1.33 bits per heavy atom. The molecule has 1 aromatic rings. The van der Waals surface area contributed by atoms with Crippen molar-refractivity contribution in [3.63, 3.8) is 0 Å². The van der Waals surface area contributed by atoms with Crippen LogP contribution in [0.3, 0.4) is 0 Å². The summed E-state index contributed by atoms with van der Waals surface area (Å²) in [7, 11) is -3.93. The molecule has 3 N–H and O–H groups in total. The highest BCUT2D eigenvalue weighted by Crippen LogP contribution is 2.11. The van der Waals surface area contributed by atoms with Gasteiger partial charge in [-0.3, -0.25) is 4.79 Å². The first-order chi connectivity index (χ1) is 8.40. The standard InChI is InChI=1S/C11H15NO5S/c1-2-8-3-5-9(6-4-8)18(16,17)12-10(7-13)11(14)15/h3-6,10,12-13H,2,7H2,1H3,(H,14,15)/t10-/m0/s1. The molecule has 18 heavy (non-hydrogen) atoms. The van der Waals surface area contributed by atoms with E-state index in [2.05, 4.69) is 0 Å². The Balaban J connectivity index is 2.95.